The van der Waals surface area contributed by atoms with Crippen LogP contribution in [0, 0.1) is 11.8 Å². The van der Waals surface area contributed by atoms with Gasteiger partial charge in [-0.2, -0.15) is 0 Å². The molecular weight excluding hydrogens is 136 g/mol. The minimum Gasteiger partial charge on any atom is -0.387 e. The number of amidine groups is 1. The highest BCUT2D eigenvalue weighted by Crippen LogP contribution is 2.32. The maximum Gasteiger partial charge on any atom is 0.0939 e. The molecule has 0 aromatic carbocycles. The van der Waals surface area contributed by atoms with Crippen molar-refractivity contribution in [2.45, 2.75) is 33.1 Å². The molecule has 2 N–H and O–H groups in total. The molecule has 2 heteroatoms. The van der Waals surface area contributed by atoms with Crippen LogP contribution in [-0.4, -0.2) is 12.4 Å². The second kappa shape index (κ2) is 3.74. The van der Waals surface area contributed by atoms with Crippen LogP contribution in [0.1, 0.15) is 33.1 Å². The Morgan fingerprint density at radius 1 is 1.55 bits per heavy atom. The standard InChI is InChI=1S/C9H18N2/c1-7(2)6-11-9(10)5-8-3-4-8/h7-8H,3-6H2,1-2H3,(H2,10,11). The normalized spacial score (nSPS) is 19.4. The summed E-state index contributed by atoms with van der Waals surface area (Å²) in [6, 6.07) is 0. The van der Waals surface area contributed by atoms with Crippen LogP contribution in [0.4, 0.5) is 0 Å². The van der Waals surface area contributed by atoms with E-state index in [1.54, 1.807) is 0 Å². The molecule has 0 amide bonds. The summed E-state index contributed by atoms with van der Waals surface area (Å²) < 4.78 is 0. The monoisotopic (exact) mass is 154 g/mol. The van der Waals surface area contributed by atoms with Crippen LogP contribution in [-0.2, 0) is 0 Å². The average Bonchev–Trinajstić information content (AvgIpc) is 2.67. The van der Waals surface area contributed by atoms with Gasteiger partial charge in [0.25, 0.3) is 0 Å². The predicted molar refractivity (Wildman–Crippen MR) is 48.7 cm³/mol. The van der Waals surface area contributed by atoms with Crippen molar-refractivity contribution in [1.82, 2.24) is 0 Å². The Kier molecular flexibility index (Phi) is 2.92. The molecule has 0 spiro atoms. The number of aliphatic imine (C=N–C) groups is 1. The first-order valence-electron chi connectivity index (χ1n) is 4.47. The van der Waals surface area contributed by atoms with E-state index in [0.29, 0.717) is 5.92 Å². The van der Waals surface area contributed by atoms with Crippen LogP contribution in [0.25, 0.3) is 0 Å². The molecule has 1 aliphatic rings. The molecule has 0 unspecified atom stereocenters. The Morgan fingerprint density at radius 3 is 2.64 bits per heavy atom. The van der Waals surface area contributed by atoms with Crippen molar-refractivity contribution in [2.75, 3.05) is 6.54 Å². The highest BCUT2D eigenvalue weighted by atomic mass is 14.8. The quantitative estimate of drug-likeness (QED) is 0.486. The van der Waals surface area contributed by atoms with Gasteiger partial charge in [-0.25, -0.2) is 0 Å². The molecule has 0 aliphatic heterocycles. The van der Waals surface area contributed by atoms with Crippen molar-refractivity contribution in [3.63, 3.8) is 0 Å². The molecule has 0 aromatic rings. The fourth-order valence-electron chi connectivity index (χ4n) is 0.982. The van der Waals surface area contributed by atoms with E-state index in [4.69, 9.17) is 5.73 Å². The number of rotatable bonds is 4. The van der Waals surface area contributed by atoms with Gasteiger partial charge in [-0.15, -0.1) is 0 Å². The second-order valence-electron chi connectivity index (χ2n) is 3.87. The van der Waals surface area contributed by atoms with Crippen molar-refractivity contribution in [3.8, 4) is 0 Å². The van der Waals surface area contributed by atoms with Gasteiger partial charge >= 0.3 is 0 Å². The smallest absolute Gasteiger partial charge is 0.0939 e. The zero-order valence-electron chi connectivity index (χ0n) is 7.51. The molecule has 0 aromatic heterocycles. The molecular formula is C9H18N2. The molecule has 0 atom stereocenters. The summed E-state index contributed by atoms with van der Waals surface area (Å²) in [7, 11) is 0. The topological polar surface area (TPSA) is 38.4 Å². The van der Waals surface area contributed by atoms with Crippen molar-refractivity contribution in [3.05, 3.63) is 0 Å². The second-order valence-corrected chi connectivity index (χ2v) is 3.87. The zero-order chi connectivity index (χ0) is 8.27. The van der Waals surface area contributed by atoms with Gasteiger partial charge < -0.3 is 5.73 Å². The Hall–Kier alpha value is -0.530. The maximum atomic E-state index is 5.71. The molecule has 0 heterocycles. The van der Waals surface area contributed by atoms with Gasteiger partial charge in [-0.1, -0.05) is 13.8 Å². The third-order valence-corrected chi connectivity index (χ3v) is 1.85. The lowest BCUT2D eigenvalue weighted by atomic mass is 10.2. The maximum absolute atomic E-state index is 5.71. The summed E-state index contributed by atoms with van der Waals surface area (Å²) in [5.41, 5.74) is 5.71. The molecule has 64 valence electrons. The summed E-state index contributed by atoms with van der Waals surface area (Å²) in [5, 5.41) is 0. The zero-order valence-corrected chi connectivity index (χ0v) is 7.51. The fraction of sp³-hybridized carbons (Fsp3) is 0.889. The van der Waals surface area contributed by atoms with E-state index in [0.717, 1.165) is 24.7 Å². The van der Waals surface area contributed by atoms with Gasteiger partial charge in [0.2, 0.25) is 0 Å². The molecule has 1 aliphatic carbocycles. The summed E-state index contributed by atoms with van der Waals surface area (Å²) in [5.74, 6) is 2.36. The lowest BCUT2D eigenvalue weighted by Gasteiger charge is -2.01. The Balaban J connectivity index is 2.15. The van der Waals surface area contributed by atoms with E-state index in [-0.39, 0.29) is 0 Å². The molecule has 0 bridgehead atoms. The van der Waals surface area contributed by atoms with Gasteiger partial charge in [0.1, 0.15) is 0 Å². The van der Waals surface area contributed by atoms with E-state index in [2.05, 4.69) is 18.8 Å². The van der Waals surface area contributed by atoms with Crippen LogP contribution < -0.4 is 5.73 Å². The first-order valence-corrected chi connectivity index (χ1v) is 4.47. The largest absolute Gasteiger partial charge is 0.387 e. The first kappa shape index (κ1) is 8.57. The van der Waals surface area contributed by atoms with Crippen molar-refractivity contribution in [1.29, 1.82) is 0 Å². The molecule has 0 radical (unpaired) electrons. The Labute approximate surface area is 68.9 Å². The van der Waals surface area contributed by atoms with Crippen LogP contribution in [0.15, 0.2) is 4.99 Å². The van der Waals surface area contributed by atoms with Gasteiger partial charge in [-0.05, 0) is 24.7 Å². The van der Waals surface area contributed by atoms with Crippen LogP contribution in [0.2, 0.25) is 0 Å². The van der Waals surface area contributed by atoms with Crippen LogP contribution in [0.5, 0.6) is 0 Å². The van der Waals surface area contributed by atoms with E-state index in [1.807, 2.05) is 0 Å². The lowest BCUT2D eigenvalue weighted by Crippen LogP contribution is -2.14. The number of nitrogens with zero attached hydrogens (tertiary/aromatic N) is 1. The molecule has 1 fully saturated rings. The molecule has 1 saturated carbocycles. The van der Waals surface area contributed by atoms with Crippen LogP contribution in [0.3, 0.4) is 0 Å². The van der Waals surface area contributed by atoms with Crippen molar-refractivity contribution in [2.24, 2.45) is 22.6 Å². The highest BCUT2D eigenvalue weighted by molar-refractivity contribution is 5.80. The highest BCUT2D eigenvalue weighted by Gasteiger charge is 2.21. The van der Waals surface area contributed by atoms with Gasteiger partial charge in [0.15, 0.2) is 0 Å². The van der Waals surface area contributed by atoms with E-state index in [1.165, 1.54) is 12.8 Å². The summed E-state index contributed by atoms with van der Waals surface area (Å²) in [4.78, 5) is 4.30. The van der Waals surface area contributed by atoms with E-state index in [9.17, 15) is 0 Å². The van der Waals surface area contributed by atoms with Gasteiger partial charge in [-0.3, -0.25) is 4.99 Å². The van der Waals surface area contributed by atoms with Crippen molar-refractivity contribution >= 4 is 5.84 Å². The summed E-state index contributed by atoms with van der Waals surface area (Å²) in [6.45, 7) is 5.21. The Morgan fingerprint density at radius 2 is 2.18 bits per heavy atom. The number of hydrogen-bond donors (Lipinski definition) is 1. The minimum absolute atomic E-state index is 0.632. The fourth-order valence-corrected chi connectivity index (χ4v) is 0.982. The van der Waals surface area contributed by atoms with Gasteiger partial charge in [0, 0.05) is 13.0 Å². The molecule has 0 saturated heterocycles. The lowest BCUT2D eigenvalue weighted by molar-refractivity contribution is 0.662. The number of nitrogens with two attached hydrogens (primary N) is 1. The van der Waals surface area contributed by atoms with Crippen molar-refractivity contribution < 1.29 is 0 Å². The molecule has 1 rings (SSSR count). The summed E-state index contributed by atoms with van der Waals surface area (Å²) >= 11 is 0. The first-order chi connectivity index (χ1) is 5.18. The molecule has 11 heavy (non-hydrogen) atoms. The van der Waals surface area contributed by atoms with E-state index < -0.39 is 0 Å². The van der Waals surface area contributed by atoms with Crippen LogP contribution >= 0.6 is 0 Å². The third-order valence-electron chi connectivity index (χ3n) is 1.85. The van der Waals surface area contributed by atoms with E-state index >= 15 is 0 Å². The Bertz CT molecular complexity index is 146. The third kappa shape index (κ3) is 4.02. The SMILES string of the molecule is CC(C)CN=C(N)CC1CC1. The number of hydrogen-bond acceptors (Lipinski definition) is 1. The minimum atomic E-state index is 0.632. The van der Waals surface area contributed by atoms with Gasteiger partial charge in [0.05, 0.1) is 5.84 Å². The summed E-state index contributed by atoms with van der Waals surface area (Å²) in [6.07, 6.45) is 3.75. The molecule has 2 nitrogen and oxygen atoms in total. The average molecular weight is 154 g/mol. The predicted octanol–water partition coefficient (Wildman–Crippen LogP) is 1.80.